The molecule has 1 amide bonds. The molecule has 2 aromatic rings. The third kappa shape index (κ3) is 3.08. The molecule has 0 aliphatic carbocycles. The fraction of sp³-hybridized carbons (Fsp3) is 0. The van der Waals surface area contributed by atoms with Crippen molar-refractivity contribution in [2.45, 2.75) is 0 Å². The first kappa shape index (κ1) is 11.8. The van der Waals surface area contributed by atoms with Gasteiger partial charge in [-0.15, -0.1) is 0 Å². The third-order valence-corrected chi connectivity index (χ3v) is 1.47. The van der Waals surface area contributed by atoms with Crippen molar-refractivity contribution in [2.24, 2.45) is 0 Å². The minimum absolute atomic E-state index is 0. The summed E-state index contributed by atoms with van der Waals surface area (Å²) in [7, 11) is 0. The van der Waals surface area contributed by atoms with E-state index in [1.165, 1.54) is 6.20 Å². The molecule has 0 saturated carbocycles. The molecule has 0 atom stereocenters. The van der Waals surface area contributed by atoms with Crippen LogP contribution in [0.4, 0.5) is 5.95 Å². The van der Waals surface area contributed by atoms with Crippen molar-refractivity contribution >= 4 is 41.4 Å². The van der Waals surface area contributed by atoms with Crippen LogP contribution in [0.2, 0.25) is 0 Å². The number of aromatic amines is 1. The Labute approximate surface area is 107 Å². The molecule has 0 fully saturated rings. The van der Waals surface area contributed by atoms with Gasteiger partial charge < -0.3 is 0 Å². The van der Waals surface area contributed by atoms with Gasteiger partial charge in [-0.3, -0.25) is 15.1 Å². The first-order valence-electron chi connectivity index (χ1n) is 3.82. The predicted octanol–water partition coefficient (Wildman–Crippen LogP) is -0.802. The Morgan fingerprint density at radius 2 is 2.27 bits per heavy atom. The maximum absolute atomic E-state index is 11.4. The normalized spacial score (nSPS) is 9.07. The molecule has 0 aliphatic heterocycles. The molecule has 0 saturated heterocycles. The number of pyridine rings is 1. The Bertz CT molecular complexity index is 416. The average molecular weight is 214 g/mol. The predicted molar refractivity (Wildman–Crippen MR) is 53.5 cm³/mol. The zero-order valence-corrected chi connectivity index (χ0v) is 7.01. The van der Waals surface area contributed by atoms with Crippen LogP contribution in [0.1, 0.15) is 10.5 Å². The van der Waals surface area contributed by atoms with Crippen LogP contribution < -0.4 is 5.32 Å². The fourth-order valence-corrected chi connectivity index (χ4v) is 0.881. The summed E-state index contributed by atoms with van der Waals surface area (Å²) in [5.41, 5.74) is 0.309. The van der Waals surface area contributed by atoms with Gasteiger partial charge in [-0.25, -0.2) is 5.10 Å². The van der Waals surface area contributed by atoms with E-state index in [0.29, 0.717) is 5.69 Å². The summed E-state index contributed by atoms with van der Waals surface area (Å²) in [5.74, 6) is -0.162. The van der Waals surface area contributed by atoms with E-state index < -0.39 is 0 Å². The molecule has 2 aromatic heterocycles. The number of amides is 1. The Kier molecular flexibility index (Phi) is 4.35. The Hall–Kier alpha value is -1.31. The second-order valence-corrected chi connectivity index (χ2v) is 2.42. The van der Waals surface area contributed by atoms with Crippen molar-refractivity contribution < 1.29 is 4.79 Å². The molecule has 8 heteroatoms. The SMILES string of the molecule is O=C(Nc1nnn[nH]1)c1ccccn1.[NaH]. The molecule has 0 bridgehead atoms. The molecular weight excluding hydrogens is 207 g/mol. The van der Waals surface area contributed by atoms with E-state index in [2.05, 4.69) is 30.9 Å². The summed E-state index contributed by atoms with van der Waals surface area (Å²) in [5, 5.41) is 15.0. The molecule has 0 unspecified atom stereocenters. The standard InChI is InChI=1S/C7H6N6O.Na.H/c14-6(5-3-1-2-4-8-5)9-7-10-12-13-11-7;;/h1-4H,(H2,9,10,11,12,13,14);;. The second-order valence-electron chi connectivity index (χ2n) is 2.42. The number of H-pyrrole nitrogens is 1. The van der Waals surface area contributed by atoms with Gasteiger partial charge in [-0.05, 0) is 22.6 Å². The van der Waals surface area contributed by atoms with Gasteiger partial charge >= 0.3 is 29.6 Å². The Morgan fingerprint density at radius 1 is 1.40 bits per heavy atom. The molecule has 2 rings (SSSR count). The molecule has 0 aromatic carbocycles. The third-order valence-electron chi connectivity index (χ3n) is 1.47. The molecule has 0 spiro atoms. The summed E-state index contributed by atoms with van der Waals surface area (Å²) in [6, 6.07) is 5.05. The number of nitrogens with one attached hydrogen (secondary N) is 2. The number of aromatic nitrogens is 5. The number of carbonyl (C=O) groups excluding carboxylic acids is 1. The molecule has 15 heavy (non-hydrogen) atoms. The van der Waals surface area contributed by atoms with Gasteiger partial charge in [-0.2, -0.15) is 0 Å². The Morgan fingerprint density at radius 3 is 2.87 bits per heavy atom. The summed E-state index contributed by atoms with van der Waals surface area (Å²) in [4.78, 5) is 15.3. The quantitative estimate of drug-likeness (QED) is 0.638. The number of rotatable bonds is 2. The monoisotopic (exact) mass is 214 g/mol. The topological polar surface area (TPSA) is 96.5 Å². The summed E-state index contributed by atoms with van der Waals surface area (Å²) >= 11 is 0. The van der Waals surface area contributed by atoms with Crippen LogP contribution in [-0.4, -0.2) is 61.1 Å². The van der Waals surface area contributed by atoms with E-state index in [-0.39, 0.29) is 41.4 Å². The van der Waals surface area contributed by atoms with E-state index in [1.54, 1.807) is 18.2 Å². The molecule has 72 valence electrons. The molecule has 7 nitrogen and oxygen atoms in total. The van der Waals surface area contributed by atoms with Crippen LogP contribution in [0.25, 0.3) is 0 Å². The van der Waals surface area contributed by atoms with Crippen LogP contribution in [0.5, 0.6) is 0 Å². The Balaban J connectivity index is 0.00000112. The fourth-order valence-electron chi connectivity index (χ4n) is 0.881. The number of tetrazole rings is 1. The van der Waals surface area contributed by atoms with Crippen LogP contribution in [0.15, 0.2) is 24.4 Å². The molecule has 2 heterocycles. The molecule has 0 radical (unpaired) electrons. The maximum atomic E-state index is 11.4. The molecular formula is C7H7N6NaO. The number of nitrogens with zero attached hydrogens (tertiary/aromatic N) is 4. The van der Waals surface area contributed by atoms with Gasteiger partial charge in [0.2, 0.25) is 5.95 Å². The van der Waals surface area contributed by atoms with Crippen LogP contribution in [0.3, 0.4) is 0 Å². The number of hydrogen-bond donors (Lipinski definition) is 2. The van der Waals surface area contributed by atoms with Crippen LogP contribution >= 0.6 is 0 Å². The van der Waals surface area contributed by atoms with Crippen molar-refractivity contribution in [1.29, 1.82) is 0 Å². The van der Waals surface area contributed by atoms with Crippen molar-refractivity contribution in [2.75, 3.05) is 5.32 Å². The first-order chi connectivity index (χ1) is 6.86. The van der Waals surface area contributed by atoms with E-state index in [4.69, 9.17) is 0 Å². The average Bonchev–Trinajstić information content (AvgIpc) is 2.72. The van der Waals surface area contributed by atoms with Crippen molar-refractivity contribution in [3.05, 3.63) is 30.1 Å². The minimum atomic E-state index is -0.357. The summed E-state index contributed by atoms with van der Waals surface area (Å²) in [6.45, 7) is 0. The molecule has 0 aliphatic rings. The van der Waals surface area contributed by atoms with E-state index in [1.807, 2.05) is 0 Å². The van der Waals surface area contributed by atoms with Crippen LogP contribution in [0, 0.1) is 0 Å². The van der Waals surface area contributed by atoms with Gasteiger partial charge in [0.25, 0.3) is 5.91 Å². The van der Waals surface area contributed by atoms with Gasteiger partial charge in [0.05, 0.1) is 0 Å². The van der Waals surface area contributed by atoms with Gasteiger partial charge in [-0.1, -0.05) is 11.2 Å². The zero-order valence-electron chi connectivity index (χ0n) is 7.01. The first-order valence-corrected chi connectivity index (χ1v) is 3.82. The molecule has 2 N–H and O–H groups in total. The van der Waals surface area contributed by atoms with Crippen molar-refractivity contribution in [3.63, 3.8) is 0 Å². The van der Waals surface area contributed by atoms with Gasteiger partial charge in [0, 0.05) is 6.20 Å². The zero-order chi connectivity index (χ0) is 9.80. The van der Waals surface area contributed by atoms with Crippen molar-refractivity contribution in [1.82, 2.24) is 25.6 Å². The van der Waals surface area contributed by atoms with Gasteiger partial charge in [0.15, 0.2) is 0 Å². The van der Waals surface area contributed by atoms with E-state index in [0.717, 1.165) is 0 Å². The number of hydrogen-bond acceptors (Lipinski definition) is 5. The van der Waals surface area contributed by atoms with E-state index in [9.17, 15) is 4.79 Å². The summed E-state index contributed by atoms with van der Waals surface area (Å²) in [6.07, 6.45) is 1.54. The number of anilines is 1. The van der Waals surface area contributed by atoms with Gasteiger partial charge in [0.1, 0.15) is 5.69 Å². The second kappa shape index (κ2) is 5.54. The number of carbonyl (C=O) groups is 1. The summed E-state index contributed by atoms with van der Waals surface area (Å²) < 4.78 is 0. The van der Waals surface area contributed by atoms with Crippen LogP contribution in [-0.2, 0) is 0 Å². The van der Waals surface area contributed by atoms with Crippen molar-refractivity contribution in [3.8, 4) is 0 Å². The van der Waals surface area contributed by atoms with E-state index >= 15 is 0 Å².